The lowest BCUT2D eigenvalue weighted by Crippen LogP contribution is -2.48. The van der Waals surface area contributed by atoms with E-state index in [0.717, 1.165) is 30.8 Å². The Morgan fingerprint density at radius 1 is 0.660 bits per heavy atom. The number of nitrogens with one attached hydrogen (secondary N) is 2. The van der Waals surface area contributed by atoms with E-state index >= 15 is 0 Å². The van der Waals surface area contributed by atoms with Crippen molar-refractivity contribution in [1.82, 2.24) is 9.80 Å². The maximum absolute atomic E-state index is 14.2. The predicted molar refractivity (Wildman–Crippen MR) is 189 cm³/mol. The molecule has 47 heavy (non-hydrogen) atoms. The fourth-order valence-electron chi connectivity index (χ4n) is 5.61. The molecule has 0 spiro atoms. The number of nitrogens with zero attached hydrogens (tertiary/aromatic N) is 2. The maximum atomic E-state index is 14.2. The molecule has 0 aliphatic carbocycles. The number of anilines is 2. The Morgan fingerprint density at radius 3 is 1.83 bits per heavy atom. The molecule has 0 radical (unpaired) electrons. The van der Waals surface area contributed by atoms with Crippen LogP contribution in [0.4, 0.5) is 16.2 Å². The molecule has 1 fully saturated rings. The van der Waals surface area contributed by atoms with E-state index in [-0.39, 0.29) is 5.91 Å². The summed E-state index contributed by atoms with van der Waals surface area (Å²) >= 11 is 0. The van der Waals surface area contributed by atoms with Gasteiger partial charge in [-0.3, -0.25) is 9.69 Å². The molecule has 6 rings (SSSR count). The van der Waals surface area contributed by atoms with Crippen molar-refractivity contribution < 1.29 is 14.3 Å². The highest BCUT2D eigenvalue weighted by Crippen LogP contribution is 2.33. The number of ether oxygens (including phenoxy) is 1. The molecule has 1 saturated heterocycles. The topological polar surface area (TPSA) is 73.9 Å². The molecule has 0 bridgehead atoms. The molecule has 0 saturated carbocycles. The maximum Gasteiger partial charge on any atom is 0.323 e. The number of carbonyl (C=O) groups is 2. The molecule has 3 amide bonds. The Hall–Kier alpha value is -5.66. The Labute approximate surface area is 276 Å². The van der Waals surface area contributed by atoms with E-state index in [1.807, 2.05) is 114 Å². The lowest BCUT2D eigenvalue weighted by molar-refractivity contribution is 0.0644. The van der Waals surface area contributed by atoms with Gasteiger partial charge < -0.3 is 20.3 Å². The molecule has 1 aliphatic heterocycles. The van der Waals surface area contributed by atoms with Gasteiger partial charge in [-0.05, 0) is 47.0 Å². The van der Waals surface area contributed by atoms with Gasteiger partial charge in [0.2, 0.25) is 0 Å². The van der Waals surface area contributed by atoms with Gasteiger partial charge in [-0.1, -0.05) is 121 Å². The second-order valence-corrected chi connectivity index (χ2v) is 11.4. The molecular formula is C40H38N4O3. The second kappa shape index (κ2) is 15.6. The van der Waals surface area contributed by atoms with E-state index in [2.05, 4.69) is 39.8 Å². The number of urea groups is 1. The van der Waals surface area contributed by atoms with Gasteiger partial charge in [0.1, 0.15) is 11.9 Å². The molecule has 5 aromatic carbocycles. The molecule has 1 aliphatic rings. The fourth-order valence-corrected chi connectivity index (χ4v) is 5.61. The summed E-state index contributed by atoms with van der Waals surface area (Å²) in [5, 5.41) is 5.72. The first-order valence-corrected chi connectivity index (χ1v) is 15.9. The zero-order chi connectivity index (χ0) is 32.3. The molecule has 236 valence electrons. The van der Waals surface area contributed by atoms with Gasteiger partial charge in [0.25, 0.3) is 5.91 Å². The number of hydrogen-bond donors (Lipinski definition) is 2. The predicted octanol–water partition coefficient (Wildman–Crippen LogP) is 7.97. The fraction of sp³-hybridized carbons (Fsp3) is 0.150. The monoisotopic (exact) mass is 622 g/mol. The van der Waals surface area contributed by atoms with Crippen molar-refractivity contribution in [3.63, 3.8) is 0 Å². The highest BCUT2D eigenvalue weighted by molar-refractivity contribution is 6.02. The SMILES string of the molecule is O=C(Nc1ccccc1)Nc1ccc(OC(c2ccccc2)c2ccccc2)c(C(=O)N2CCN(C/C=C/c3ccccc3)CC2)c1. The van der Waals surface area contributed by atoms with Crippen LogP contribution < -0.4 is 15.4 Å². The van der Waals surface area contributed by atoms with Crippen molar-refractivity contribution in [3.8, 4) is 5.75 Å². The van der Waals surface area contributed by atoms with Crippen LogP contribution in [0.2, 0.25) is 0 Å². The van der Waals surface area contributed by atoms with Crippen LogP contribution in [0.15, 0.2) is 146 Å². The summed E-state index contributed by atoms with van der Waals surface area (Å²) in [6, 6.07) is 44.3. The summed E-state index contributed by atoms with van der Waals surface area (Å²) in [5.41, 5.74) is 4.68. The molecule has 5 aromatic rings. The molecule has 2 N–H and O–H groups in total. The summed E-state index contributed by atoms with van der Waals surface area (Å²) in [7, 11) is 0. The number of hydrogen-bond acceptors (Lipinski definition) is 4. The highest BCUT2D eigenvalue weighted by Gasteiger charge is 2.26. The summed E-state index contributed by atoms with van der Waals surface area (Å²) in [6.07, 6.45) is 3.86. The Balaban J connectivity index is 1.22. The van der Waals surface area contributed by atoms with Crippen LogP contribution in [-0.4, -0.2) is 54.5 Å². The molecule has 0 unspecified atom stereocenters. The number of piperazine rings is 1. The van der Waals surface area contributed by atoms with Crippen LogP contribution in [0.3, 0.4) is 0 Å². The molecule has 7 heteroatoms. The van der Waals surface area contributed by atoms with E-state index < -0.39 is 12.1 Å². The lowest BCUT2D eigenvalue weighted by atomic mass is 10.0. The first-order chi connectivity index (χ1) is 23.1. The number of rotatable bonds is 10. The Kier molecular flexibility index (Phi) is 10.4. The highest BCUT2D eigenvalue weighted by atomic mass is 16.5. The minimum Gasteiger partial charge on any atom is -0.480 e. The van der Waals surface area contributed by atoms with Gasteiger partial charge in [-0.15, -0.1) is 0 Å². The van der Waals surface area contributed by atoms with Gasteiger partial charge in [-0.25, -0.2) is 4.79 Å². The van der Waals surface area contributed by atoms with Crippen LogP contribution in [-0.2, 0) is 0 Å². The van der Waals surface area contributed by atoms with Crippen LogP contribution in [0.25, 0.3) is 6.08 Å². The summed E-state index contributed by atoms with van der Waals surface area (Å²) in [6.45, 7) is 3.51. The normalized spacial score (nSPS) is 13.4. The van der Waals surface area contributed by atoms with Crippen molar-refractivity contribution in [2.24, 2.45) is 0 Å². The lowest BCUT2D eigenvalue weighted by Gasteiger charge is -2.34. The van der Waals surface area contributed by atoms with Gasteiger partial charge in [0, 0.05) is 44.1 Å². The van der Waals surface area contributed by atoms with Crippen molar-refractivity contribution in [2.75, 3.05) is 43.4 Å². The van der Waals surface area contributed by atoms with E-state index in [4.69, 9.17) is 4.74 Å². The average Bonchev–Trinajstić information content (AvgIpc) is 3.12. The van der Waals surface area contributed by atoms with Gasteiger partial charge in [-0.2, -0.15) is 0 Å². The van der Waals surface area contributed by atoms with E-state index in [1.54, 1.807) is 18.2 Å². The van der Waals surface area contributed by atoms with Crippen molar-refractivity contribution in [3.05, 3.63) is 168 Å². The quantitative estimate of drug-likeness (QED) is 0.166. The molecule has 0 aromatic heterocycles. The zero-order valence-electron chi connectivity index (χ0n) is 26.2. The summed E-state index contributed by atoms with van der Waals surface area (Å²) in [4.78, 5) is 31.3. The minimum atomic E-state index is -0.433. The van der Waals surface area contributed by atoms with Crippen LogP contribution in [0.1, 0.15) is 33.2 Å². The number of carbonyl (C=O) groups excluding carboxylic acids is 2. The zero-order valence-corrected chi connectivity index (χ0v) is 26.2. The number of benzene rings is 5. The van der Waals surface area contributed by atoms with Crippen molar-refractivity contribution in [2.45, 2.75) is 6.10 Å². The largest absolute Gasteiger partial charge is 0.480 e. The van der Waals surface area contributed by atoms with E-state index in [0.29, 0.717) is 35.8 Å². The third-order valence-electron chi connectivity index (χ3n) is 8.08. The summed E-state index contributed by atoms with van der Waals surface area (Å²) in [5.74, 6) is 0.321. The Morgan fingerprint density at radius 2 is 1.21 bits per heavy atom. The smallest absolute Gasteiger partial charge is 0.323 e. The minimum absolute atomic E-state index is 0.133. The second-order valence-electron chi connectivity index (χ2n) is 11.4. The van der Waals surface area contributed by atoms with Gasteiger partial charge in [0.15, 0.2) is 0 Å². The molecular weight excluding hydrogens is 584 g/mol. The third kappa shape index (κ3) is 8.54. The number of para-hydroxylation sites is 1. The average molecular weight is 623 g/mol. The first-order valence-electron chi connectivity index (χ1n) is 15.9. The van der Waals surface area contributed by atoms with Gasteiger partial charge in [0.05, 0.1) is 5.56 Å². The molecule has 0 atom stereocenters. The number of amides is 3. The van der Waals surface area contributed by atoms with Gasteiger partial charge >= 0.3 is 6.03 Å². The van der Waals surface area contributed by atoms with Crippen LogP contribution >= 0.6 is 0 Å². The van der Waals surface area contributed by atoms with Crippen molar-refractivity contribution >= 4 is 29.4 Å². The van der Waals surface area contributed by atoms with Crippen LogP contribution in [0, 0.1) is 0 Å². The van der Waals surface area contributed by atoms with E-state index in [9.17, 15) is 9.59 Å². The summed E-state index contributed by atoms with van der Waals surface area (Å²) < 4.78 is 6.71. The Bertz CT molecular complexity index is 1730. The standard InChI is InChI=1S/C40H38N4O3/c45-39(44-28-26-43(27-29-44)25-13-16-31-14-5-1-6-15-31)36-30-35(42-40(46)41-34-21-11-4-12-22-34)23-24-37(36)47-38(32-17-7-2-8-18-32)33-19-9-3-10-20-33/h1-24,30,38H,25-29H2,(H2,41,42,46)/b16-13+. The molecule has 1 heterocycles. The van der Waals surface area contributed by atoms with E-state index in [1.165, 1.54) is 5.56 Å². The first kappa shape index (κ1) is 31.3. The van der Waals surface area contributed by atoms with Crippen LogP contribution in [0.5, 0.6) is 5.75 Å². The molecule has 7 nitrogen and oxygen atoms in total. The third-order valence-corrected chi connectivity index (χ3v) is 8.08. The van der Waals surface area contributed by atoms with Crippen molar-refractivity contribution in [1.29, 1.82) is 0 Å².